The molecule has 0 spiro atoms. The number of benzene rings is 2. The number of nitrogens with zero attached hydrogens (tertiary/aromatic N) is 1. The van der Waals surface area contributed by atoms with Gasteiger partial charge in [-0.2, -0.15) is 0 Å². The highest BCUT2D eigenvalue weighted by Crippen LogP contribution is 2.51. The molecule has 0 aromatic heterocycles. The van der Waals surface area contributed by atoms with Crippen molar-refractivity contribution in [2.24, 2.45) is 0 Å². The van der Waals surface area contributed by atoms with Crippen LogP contribution in [0.15, 0.2) is 42.5 Å². The Morgan fingerprint density at radius 2 is 1.88 bits per heavy atom. The minimum absolute atomic E-state index is 0.0609. The maximum atomic E-state index is 12.0. The van der Waals surface area contributed by atoms with Crippen LogP contribution < -0.4 is 4.90 Å². The summed E-state index contributed by atoms with van der Waals surface area (Å²) in [5.74, 6) is 0.553. The molecular formula is C22H23NO2. The van der Waals surface area contributed by atoms with E-state index in [0.717, 1.165) is 25.8 Å². The van der Waals surface area contributed by atoms with Crippen molar-refractivity contribution in [3.8, 4) is 0 Å². The highest BCUT2D eigenvalue weighted by atomic mass is 16.5. The van der Waals surface area contributed by atoms with Gasteiger partial charge in [0.15, 0.2) is 0 Å². The molecule has 2 atom stereocenters. The maximum absolute atomic E-state index is 12.0. The number of rotatable bonds is 0. The van der Waals surface area contributed by atoms with E-state index in [-0.39, 0.29) is 5.97 Å². The van der Waals surface area contributed by atoms with Gasteiger partial charge in [-0.1, -0.05) is 36.4 Å². The molecule has 2 aromatic carbocycles. The van der Waals surface area contributed by atoms with E-state index in [1.54, 1.807) is 0 Å². The lowest BCUT2D eigenvalue weighted by molar-refractivity contribution is -0.143. The van der Waals surface area contributed by atoms with Crippen molar-refractivity contribution in [3.05, 3.63) is 64.7 Å². The number of anilines is 1. The molecular weight excluding hydrogens is 310 g/mol. The molecule has 0 radical (unpaired) electrons. The Morgan fingerprint density at radius 3 is 2.84 bits per heavy atom. The molecule has 2 unspecified atom stereocenters. The monoisotopic (exact) mass is 333 g/mol. The number of cyclic esters (lactones) is 1. The first-order valence-corrected chi connectivity index (χ1v) is 9.43. The summed E-state index contributed by atoms with van der Waals surface area (Å²) >= 11 is 0. The summed E-state index contributed by atoms with van der Waals surface area (Å²) in [6.45, 7) is 1.42. The topological polar surface area (TPSA) is 29.5 Å². The van der Waals surface area contributed by atoms with Crippen molar-refractivity contribution in [1.82, 2.24) is 0 Å². The molecule has 25 heavy (non-hydrogen) atoms. The Morgan fingerprint density at radius 1 is 1.00 bits per heavy atom. The molecule has 3 nitrogen and oxygen atoms in total. The third kappa shape index (κ3) is 2.45. The van der Waals surface area contributed by atoms with Crippen LogP contribution in [0, 0.1) is 0 Å². The molecule has 0 N–H and O–H groups in total. The Labute approximate surface area is 148 Å². The van der Waals surface area contributed by atoms with Crippen LogP contribution in [0.1, 0.15) is 53.5 Å². The quantitative estimate of drug-likeness (QED) is 0.678. The van der Waals surface area contributed by atoms with E-state index < -0.39 is 0 Å². The van der Waals surface area contributed by atoms with Crippen LogP contribution in [0.3, 0.4) is 0 Å². The van der Waals surface area contributed by atoms with Gasteiger partial charge in [0, 0.05) is 25.1 Å². The van der Waals surface area contributed by atoms with Gasteiger partial charge >= 0.3 is 5.97 Å². The second-order valence-corrected chi connectivity index (χ2v) is 7.47. The summed E-state index contributed by atoms with van der Waals surface area (Å²) in [5.41, 5.74) is 7.21. The van der Waals surface area contributed by atoms with Crippen LogP contribution in [0.2, 0.25) is 0 Å². The fourth-order valence-electron chi connectivity index (χ4n) is 5.03. The van der Waals surface area contributed by atoms with E-state index in [1.807, 2.05) is 0 Å². The molecule has 0 saturated heterocycles. The molecule has 3 aliphatic rings. The SMILES string of the molecule is O=C1CCCN2c3ccccc3C3Cc4cccc(c4C2C3)CCO1. The number of ether oxygens (including phenoxy) is 1. The summed E-state index contributed by atoms with van der Waals surface area (Å²) in [5, 5.41) is 0. The lowest BCUT2D eigenvalue weighted by atomic mass is 9.72. The number of hydrogen-bond acceptors (Lipinski definition) is 3. The molecule has 1 aliphatic carbocycles. The van der Waals surface area contributed by atoms with Crippen molar-refractivity contribution in [2.75, 3.05) is 18.1 Å². The third-order valence-corrected chi connectivity index (χ3v) is 6.07. The average Bonchev–Trinajstić information content (AvgIpc) is 2.67. The molecule has 0 fully saturated rings. The van der Waals surface area contributed by atoms with E-state index in [2.05, 4.69) is 47.4 Å². The summed E-state index contributed by atoms with van der Waals surface area (Å²) in [7, 11) is 0. The average molecular weight is 333 g/mol. The standard InChI is InChI=1S/C22H23NO2/c24-21-9-4-11-23-19-8-2-1-7-18(19)17-13-16-6-3-5-15(10-12-25-21)22(16)20(23)14-17/h1-3,5-8,17,20H,4,9-14H2. The summed E-state index contributed by atoms with van der Waals surface area (Å²) in [6, 6.07) is 16.0. The third-order valence-electron chi connectivity index (χ3n) is 6.07. The number of fused-ring (bicyclic) bond motifs is 4. The predicted octanol–water partition coefficient (Wildman–Crippen LogP) is 4.16. The van der Waals surface area contributed by atoms with Crippen molar-refractivity contribution >= 4 is 11.7 Å². The normalized spacial score (nSPS) is 24.8. The molecule has 0 amide bonds. The van der Waals surface area contributed by atoms with Crippen molar-refractivity contribution in [3.63, 3.8) is 0 Å². The van der Waals surface area contributed by atoms with Crippen LogP contribution in [0.25, 0.3) is 0 Å². The smallest absolute Gasteiger partial charge is 0.305 e. The van der Waals surface area contributed by atoms with Gasteiger partial charge in [0.25, 0.3) is 0 Å². The molecule has 128 valence electrons. The first kappa shape index (κ1) is 15.0. The Kier molecular flexibility index (Phi) is 3.54. The van der Waals surface area contributed by atoms with Crippen molar-refractivity contribution in [1.29, 1.82) is 0 Å². The van der Waals surface area contributed by atoms with Gasteiger partial charge in [0.2, 0.25) is 0 Å². The first-order valence-electron chi connectivity index (χ1n) is 9.43. The number of carbonyl (C=O) groups excluding carboxylic acids is 1. The number of esters is 1. The van der Waals surface area contributed by atoms with E-state index >= 15 is 0 Å². The van der Waals surface area contributed by atoms with Crippen molar-refractivity contribution < 1.29 is 9.53 Å². The molecule has 5 rings (SSSR count). The summed E-state index contributed by atoms with van der Waals surface area (Å²) in [6.07, 6.45) is 4.51. The van der Waals surface area contributed by atoms with Gasteiger partial charge in [0.1, 0.15) is 0 Å². The summed E-state index contributed by atoms with van der Waals surface area (Å²) < 4.78 is 5.45. The number of hydrogen-bond donors (Lipinski definition) is 0. The molecule has 0 saturated carbocycles. The van der Waals surface area contributed by atoms with E-state index in [9.17, 15) is 4.79 Å². The zero-order chi connectivity index (χ0) is 16.8. The Balaban J connectivity index is 1.67. The fraction of sp³-hybridized carbons (Fsp3) is 0.409. The lowest BCUT2D eigenvalue weighted by Gasteiger charge is -2.47. The largest absolute Gasteiger partial charge is 0.465 e. The zero-order valence-corrected chi connectivity index (χ0v) is 14.4. The van der Waals surface area contributed by atoms with E-state index in [0.29, 0.717) is 25.0 Å². The van der Waals surface area contributed by atoms with Crippen LogP contribution in [0.4, 0.5) is 5.69 Å². The number of para-hydroxylation sites is 1. The van der Waals surface area contributed by atoms with Gasteiger partial charge < -0.3 is 9.64 Å². The zero-order valence-electron chi connectivity index (χ0n) is 14.4. The highest BCUT2D eigenvalue weighted by molar-refractivity contribution is 5.69. The lowest BCUT2D eigenvalue weighted by Crippen LogP contribution is -2.39. The molecule has 3 heteroatoms. The molecule has 2 bridgehead atoms. The first-order chi connectivity index (χ1) is 12.3. The van der Waals surface area contributed by atoms with E-state index in [4.69, 9.17) is 4.74 Å². The van der Waals surface area contributed by atoms with Crippen LogP contribution in [-0.4, -0.2) is 19.1 Å². The maximum Gasteiger partial charge on any atom is 0.305 e. The molecule has 2 aliphatic heterocycles. The van der Waals surface area contributed by atoms with Gasteiger partial charge in [0.05, 0.1) is 12.6 Å². The van der Waals surface area contributed by atoms with E-state index in [1.165, 1.54) is 34.4 Å². The van der Waals surface area contributed by atoms with Gasteiger partial charge in [-0.3, -0.25) is 4.79 Å². The van der Waals surface area contributed by atoms with Crippen LogP contribution >= 0.6 is 0 Å². The molecule has 2 aromatic rings. The van der Waals surface area contributed by atoms with Gasteiger partial charge in [-0.05, 0) is 53.5 Å². The van der Waals surface area contributed by atoms with Gasteiger partial charge in [-0.15, -0.1) is 0 Å². The molecule has 2 heterocycles. The Bertz CT molecular complexity index is 829. The minimum atomic E-state index is -0.0609. The predicted molar refractivity (Wildman–Crippen MR) is 97.9 cm³/mol. The highest BCUT2D eigenvalue weighted by Gasteiger charge is 2.39. The number of carbonyl (C=O) groups is 1. The van der Waals surface area contributed by atoms with Gasteiger partial charge in [-0.25, -0.2) is 0 Å². The van der Waals surface area contributed by atoms with Crippen LogP contribution in [-0.2, 0) is 22.4 Å². The second kappa shape index (κ2) is 5.91. The Hall–Kier alpha value is -2.29. The minimum Gasteiger partial charge on any atom is -0.465 e. The van der Waals surface area contributed by atoms with Crippen molar-refractivity contribution in [2.45, 2.75) is 44.1 Å². The fourth-order valence-corrected chi connectivity index (χ4v) is 5.03. The van der Waals surface area contributed by atoms with Crippen LogP contribution in [0.5, 0.6) is 0 Å². The second-order valence-electron chi connectivity index (χ2n) is 7.47. The summed E-state index contributed by atoms with van der Waals surface area (Å²) in [4.78, 5) is 14.5.